The fourth-order valence-electron chi connectivity index (χ4n) is 3.65. The quantitative estimate of drug-likeness (QED) is 0.534. The summed E-state index contributed by atoms with van der Waals surface area (Å²) < 4.78 is 11.2. The van der Waals surface area contributed by atoms with E-state index in [1.165, 1.54) is 0 Å². The molecule has 2 aromatic rings. The van der Waals surface area contributed by atoms with E-state index in [0.717, 1.165) is 11.1 Å². The Morgan fingerprint density at radius 2 is 1.97 bits per heavy atom. The zero-order chi connectivity index (χ0) is 20.5. The molecule has 0 spiro atoms. The summed E-state index contributed by atoms with van der Waals surface area (Å²) in [6, 6.07) is 10.1. The average molecular weight is 399 g/mol. The SMILES string of the molecule is O=C(O)c1c(OC2CN(C(O)Cc3ccc(O)cc3)C2)ccc2c1OB(O)CC2. The third kappa shape index (κ3) is 4.17. The summed E-state index contributed by atoms with van der Waals surface area (Å²) in [5.74, 6) is -0.633. The van der Waals surface area contributed by atoms with Crippen LogP contribution in [0.2, 0.25) is 6.32 Å². The number of carboxylic acids is 1. The summed E-state index contributed by atoms with van der Waals surface area (Å²) in [6.45, 7) is 0.914. The number of aromatic carboxylic acids is 1. The van der Waals surface area contributed by atoms with Gasteiger partial charge in [-0.1, -0.05) is 18.2 Å². The molecule has 0 radical (unpaired) electrons. The first-order valence-corrected chi connectivity index (χ1v) is 9.51. The molecule has 2 heterocycles. The molecule has 2 aliphatic heterocycles. The van der Waals surface area contributed by atoms with Crippen LogP contribution in [0.15, 0.2) is 36.4 Å². The van der Waals surface area contributed by atoms with Crippen molar-refractivity contribution in [2.75, 3.05) is 13.1 Å². The van der Waals surface area contributed by atoms with Gasteiger partial charge in [-0.05, 0) is 42.1 Å². The van der Waals surface area contributed by atoms with Gasteiger partial charge in [0.1, 0.15) is 35.1 Å². The minimum absolute atomic E-state index is 0.0793. The highest BCUT2D eigenvalue weighted by Gasteiger charge is 2.35. The Morgan fingerprint density at radius 1 is 1.24 bits per heavy atom. The molecule has 0 bridgehead atoms. The van der Waals surface area contributed by atoms with Gasteiger partial charge in [-0.15, -0.1) is 0 Å². The van der Waals surface area contributed by atoms with Crippen molar-refractivity contribution in [2.24, 2.45) is 0 Å². The van der Waals surface area contributed by atoms with E-state index in [-0.39, 0.29) is 28.9 Å². The van der Waals surface area contributed by atoms with Crippen LogP contribution in [-0.4, -0.2) is 63.8 Å². The lowest BCUT2D eigenvalue weighted by atomic mass is 9.78. The Kier molecular flexibility index (Phi) is 5.36. The van der Waals surface area contributed by atoms with Gasteiger partial charge in [0.05, 0.1) is 0 Å². The average Bonchev–Trinajstić information content (AvgIpc) is 2.65. The minimum Gasteiger partial charge on any atom is -0.535 e. The van der Waals surface area contributed by atoms with Gasteiger partial charge in [0.2, 0.25) is 0 Å². The molecule has 0 aliphatic carbocycles. The largest absolute Gasteiger partial charge is 0.535 e. The van der Waals surface area contributed by atoms with Crippen molar-refractivity contribution in [1.82, 2.24) is 4.90 Å². The van der Waals surface area contributed by atoms with Gasteiger partial charge in [0.15, 0.2) is 0 Å². The van der Waals surface area contributed by atoms with E-state index in [1.54, 1.807) is 36.4 Å². The topological polar surface area (TPSA) is 120 Å². The highest BCUT2D eigenvalue weighted by Crippen LogP contribution is 2.37. The van der Waals surface area contributed by atoms with Crippen molar-refractivity contribution in [3.8, 4) is 17.2 Å². The Labute approximate surface area is 168 Å². The molecule has 0 amide bonds. The van der Waals surface area contributed by atoms with Crippen LogP contribution in [0.5, 0.6) is 17.2 Å². The number of aliphatic hydroxyl groups excluding tert-OH is 1. The molecule has 1 atom stereocenters. The van der Waals surface area contributed by atoms with Crippen LogP contribution < -0.4 is 9.39 Å². The summed E-state index contributed by atoms with van der Waals surface area (Å²) >= 11 is 0. The summed E-state index contributed by atoms with van der Waals surface area (Å²) in [5.41, 5.74) is 1.56. The predicted octanol–water partition coefficient (Wildman–Crippen LogP) is 1.13. The number of fused-ring (bicyclic) bond motifs is 1. The molecule has 8 nitrogen and oxygen atoms in total. The van der Waals surface area contributed by atoms with Gasteiger partial charge in [-0.25, -0.2) is 4.79 Å². The van der Waals surface area contributed by atoms with Crippen LogP contribution in [-0.2, 0) is 12.8 Å². The maximum Gasteiger partial charge on any atom is 0.522 e. The first kappa shape index (κ1) is 19.6. The number of hydrogen-bond donors (Lipinski definition) is 4. The first-order valence-electron chi connectivity index (χ1n) is 9.51. The molecule has 29 heavy (non-hydrogen) atoms. The molecular formula is C20H22BNO7. The number of nitrogens with zero attached hydrogens (tertiary/aromatic N) is 1. The fraction of sp³-hybridized carbons (Fsp3) is 0.350. The lowest BCUT2D eigenvalue weighted by molar-refractivity contribution is -0.0891. The Morgan fingerprint density at radius 3 is 2.66 bits per heavy atom. The number of aryl methyl sites for hydroxylation is 1. The monoisotopic (exact) mass is 399 g/mol. The number of carboxylic acid groups (broad SMARTS) is 1. The second kappa shape index (κ2) is 7.94. The summed E-state index contributed by atoms with van der Waals surface area (Å²) in [4.78, 5) is 13.6. The number of phenolic OH excluding ortho intramolecular Hbond substituents is 1. The smallest absolute Gasteiger partial charge is 0.522 e. The number of aromatic hydroxyl groups is 1. The summed E-state index contributed by atoms with van der Waals surface area (Å²) in [6.07, 6.45) is 0.424. The number of likely N-dealkylation sites (tertiary alicyclic amines) is 1. The van der Waals surface area contributed by atoms with E-state index < -0.39 is 19.3 Å². The molecule has 0 aromatic heterocycles. The number of rotatable bonds is 6. The maximum absolute atomic E-state index is 11.8. The molecule has 4 N–H and O–H groups in total. The van der Waals surface area contributed by atoms with Gasteiger partial charge in [-0.3, -0.25) is 4.90 Å². The maximum atomic E-state index is 11.8. The molecule has 2 aromatic carbocycles. The zero-order valence-electron chi connectivity index (χ0n) is 15.7. The molecule has 1 unspecified atom stereocenters. The van der Waals surface area contributed by atoms with Crippen molar-refractivity contribution < 1.29 is 34.5 Å². The third-order valence-corrected chi connectivity index (χ3v) is 5.28. The lowest BCUT2D eigenvalue weighted by Crippen LogP contribution is -2.58. The molecule has 1 saturated heterocycles. The van der Waals surface area contributed by atoms with E-state index in [1.807, 2.05) is 4.90 Å². The molecule has 2 aliphatic rings. The molecule has 9 heteroatoms. The number of benzene rings is 2. The molecule has 1 fully saturated rings. The van der Waals surface area contributed by atoms with Gasteiger partial charge < -0.3 is 29.7 Å². The second-order valence-corrected chi connectivity index (χ2v) is 7.39. The number of carbonyl (C=O) groups is 1. The first-order chi connectivity index (χ1) is 13.9. The van der Waals surface area contributed by atoms with Gasteiger partial charge >= 0.3 is 13.1 Å². The van der Waals surface area contributed by atoms with Gasteiger partial charge in [-0.2, -0.15) is 0 Å². The Bertz CT molecular complexity index is 898. The summed E-state index contributed by atoms with van der Waals surface area (Å²) in [7, 11) is -1.02. The van der Waals surface area contributed by atoms with E-state index in [9.17, 15) is 25.1 Å². The van der Waals surface area contributed by atoms with Crippen LogP contribution in [0.1, 0.15) is 21.5 Å². The standard InChI is InChI=1S/C20H22BNO7/c23-14-4-1-12(2-5-14)9-17(24)22-10-15(11-22)28-16-6-3-13-7-8-21(27)29-19(13)18(16)20(25)26/h1-6,15,17,23-24,27H,7-11H2,(H,25,26). The van der Waals surface area contributed by atoms with Crippen molar-refractivity contribution in [1.29, 1.82) is 0 Å². The molecule has 0 saturated carbocycles. The van der Waals surface area contributed by atoms with Crippen LogP contribution in [0.3, 0.4) is 0 Å². The van der Waals surface area contributed by atoms with Gasteiger partial charge in [0.25, 0.3) is 0 Å². The van der Waals surface area contributed by atoms with E-state index in [4.69, 9.17) is 9.39 Å². The highest BCUT2D eigenvalue weighted by atomic mass is 16.5. The molecule has 152 valence electrons. The van der Waals surface area contributed by atoms with E-state index in [0.29, 0.717) is 32.3 Å². The zero-order valence-corrected chi connectivity index (χ0v) is 15.7. The number of ether oxygens (including phenoxy) is 1. The van der Waals surface area contributed by atoms with E-state index in [2.05, 4.69) is 0 Å². The molecule has 4 rings (SSSR count). The van der Waals surface area contributed by atoms with Crippen LogP contribution in [0.25, 0.3) is 0 Å². The third-order valence-electron chi connectivity index (χ3n) is 5.28. The Balaban J connectivity index is 1.39. The fourth-order valence-corrected chi connectivity index (χ4v) is 3.65. The number of aliphatic hydroxyl groups is 1. The highest BCUT2D eigenvalue weighted by molar-refractivity contribution is 6.44. The van der Waals surface area contributed by atoms with Gasteiger partial charge in [0, 0.05) is 19.5 Å². The Hall–Kier alpha value is -2.75. The molecular weight excluding hydrogens is 377 g/mol. The number of hydrogen-bond acceptors (Lipinski definition) is 7. The minimum atomic E-state index is -1.17. The van der Waals surface area contributed by atoms with E-state index >= 15 is 0 Å². The second-order valence-electron chi connectivity index (χ2n) is 7.39. The van der Waals surface area contributed by atoms with Crippen LogP contribution in [0, 0.1) is 0 Å². The normalized spacial score (nSPS) is 17.8. The van der Waals surface area contributed by atoms with Crippen molar-refractivity contribution in [3.05, 3.63) is 53.1 Å². The van der Waals surface area contributed by atoms with Crippen molar-refractivity contribution in [2.45, 2.75) is 31.5 Å². The lowest BCUT2D eigenvalue weighted by Gasteiger charge is -2.42. The number of phenols is 1. The van der Waals surface area contributed by atoms with Crippen LogP contribution in [0.4, 0.5) is 0 Å². The van der Waals surface area contributed by atoms with Crippen LogP contribution >= 0.6 is 0 Å². The van der Waals surface area contributed by atoms with Crippen molar-refractivity contribution in [3.63, 3.8) is 0 Å². The summed E-state index contributed by atoms with van der Waals surface area (Å²) in [5, 5.41) is 39.0. The van der Waals surface area contributed by atoms with Crippen molar-refractivity contribution >= 4 is 13.1 Å². The predicted molar refractivity (Wildman–Crippen MR) is 104 cm³/mol.